The van der Waals surface area contributed by atoms with Gasteiger partial charge in [0, 0.05) is 17.1 Å². The number of phenolic OH excluding ortho intramolecular Hbond substituents is 1. The van der Waals surface area contributed by atoms with Crippen molar-refractivity contribution in [3.63, 3.8) is 0 Å². The van der Waals surface area contributed by atoms with Gasteiger partial charge in [0.15, 0.2) is 0 Å². The Morgan fingerprint density at radius 2 is 2.00 bits per heavy atom. The van der Waals surface area contributed by atoms with Crippen molar-refractivity contribution in [2.45, 2.75) is 25.5 Å². The summed E-state index contributed by atoms with van der Waals surface area (Å²) in [7, 11) is 0. The average molecular weight is 276 g/mol. The second-order valence-corrected chi connectivity index (χ2v) is 5.36. The number of nitrogens with one attached hydrogen (secondary N) is 1. The quantitative estimate of drug-likeness (QED) is 0.792. The standard InChI is InChI=1S/C12H15Cl2NO2/c13-9-3-8(12(17)11(14)4-9)6-15-5-7-1-10(16)2-7/h3-4,7,10,15-17H,1-2,5-6H2. The molecule has 1 aliphatic carbocycles. The van der Waals surface area contributed by atoms with Crippen LogP contribution in [-0.2, 0) is 6.54 Å². The Bertz CT molecular complexity index is 406. The molecule has 0 spiro atoms. The highest BCUT2D eigenvalue weighted by atomic mass is 35.5. The van der Waals surface area contributed by atoms with Gasteiger partial charge in [-0.05, 0) is 37.4 Å². The smallest absolute Gasteiger partial charge is 0.138 e. The van der Waals surface area contributed by atoms with E-state index in [4.69, 9.17) is 28.3 Å². The van der Waals surface area contributed by atoms with Gasteiger partial charge in [-0.25, -0.2) is 0 Å². The molecule has 1 aromatic rings. The lowest BCUT2D eigenvalue weighted by Gasteiger charge is -2.31. The Labute approximate surface area is 110 Å². The molecule has 0 aliphatic heterocycles. The first-order valence-electron chi connectivity index (χ1n) is 5.62. The number of halogens is 2. The normalized spacial score (nSPS) is 23.5. The second-order valence-electron chi connectivity index (χ2n) is 4.52. The first-order chi connectivity index (χ1) is 8.06. The van der Waals surface area contributed by atoms with E-state index in [-0.39, 0.29) is 16.9 Å². The third kappa shape index (κ3) is 3.26. The van der Waals surface area contributed by atoms with E-state index >= 15 is 0 Å². The van der Waals surface area contributed by atoms with Crippen LogP contribution in [0.2, 0.25) is 10.0 Å². The van der Waals surface area contributed by atoms with E-state index in [0.717, 1.165) is 19.4 Å². The zero-order valence-electron chi connectivity index (χ0n) is 9.29. The number of phenols is 1. The summed E-state index contributed by atoms with van der Waals surface area (Å²) in [5.41, 5.74) is 0.697. The third-order valence-corrected chi connectivity index (χ3v) is 3.57. The van der Waals surface area contributed by atoms with Gasteiger partial charge in [-0.3, -0.25) is 0 Å². The van der Waals surface area contributed by atoms with Gasteiger partial charge in [-0.1, -0.05) is 23.2 Å². The lowest BCUT2D eigenvalue weighted by molar-refractivity contribution is 0.0429. The summed E-state index contributed by atoms with van der Waals surface area (Å²) in [4.78, 5) is 0. The van der Waals surface area contributed by atoms with E-state index in [2.05, 4.69) is 5.32 Å². The van der Waals surface area contributed by atoms with Crippen molar-refractivity contribution in [1.82, 2.24) is 5.32 Å². The summed E-state index contributed by atoms with van der Waals surface area (Å²) in [5, 5.41) is 22.9. The van der Waals surface area contributed by atoms with Crippen molar-refractivity contribution in [3.05, 3.63) is 27.7 Å². The lowest BCUT2D eigenvalue weighted by Crippen LogP contribution is -2.35. The first-order valence-corrected chi connectivity index (χ1v) is 6.37. The van der Waals surface area contributed by atoms with Crippen LogP contribution in [-0.4, -0.2) is 22.9 Å². The van der Waals surface area contributed by atoms with Crippen molar-refractivity contribution in [3.8, 4) is 5.75 Å². The molecule has 1 aromatic carbocycles. The fourth-order valence-corrected chi connectivity index (χ4v) is 2.57. The van der Waals surface area contributed by atoms with Gasteiger partial charge in [0.25, 0.3) is 0 Å². The molecule has 0 amide bonds. The molecular formula is C12H15Cl2NO2. The molecule has 3 N–H and O–H groups in total. The molecule has 5 heteroatoms. The van der Waals surface area contributed by atoms with Crippen molar-refractivity contribution < 1.29 is 10.2 Å². The summed E-state index contributed by atoms with van der Waals surface area (Å²) < 4.78 is 0. The minimum atomic E-state index is -0.129. The van der Waals surface area contributed by atoms with Crippen molar-refractivity contribution in [1.29, 1.82) is 0 Å². The highest BCUT2D eigenvalue weighted by Crippen LogP contribution is 2.31. The molecule has 0 radical (unpaired) electrons. The van der Waals surface area contributed by atoms with Crippen LogP contribution in [0.4, 0.5) is 0 Å². The maximum absolute atomic E-state index is 9.73. The summed E-state index contributed by atoms with van der Waals surface area (Å²) in [6.07, 6.45) is 1.58. The van der Waals surface area contributed by atoms with Gasteiger partial charge in [0.1, 0.15) is 5.75 Å². The van der Waals surface area contributed by atoms with Gasteiger partial charge in [0.2, 0.25) is 0 Å². The lowest BCUT2D eigenvalue weighted by atomic mass is 9.82. The van der Waals surface area contributed by atoms with Crippen LogP contribution in [0.1, 0.15) is 18.4 Å². The number of aliphatic hydroxyl groups is 1. The molecule has 94 valence electrons. The number of rotatable bonds is 4. The maximum Gasteiger partial charge on any atom is 0.138 e. The first kappa shape index (κ1) is 13.0. The SMILES string of the molecule is Oc1c(Cl)cc(Cl)cc1CNCC1CC(O)C1. The zero-order valence-corrected chi connectivity index (χ0v) is 10.8. The third-order valence-electron chi connectivity index (χ3n) is 3.07. The van der Waals surface area contributed by atoms with Crippen molar-refractivity contribution in [2.75, 3.05) is 6.54 Å². The van der Waals surface area contributed by atoms with Crippen LogP contribution in [0.25, 0.3) is 0 Å². The maximum atomic E-state index is 9.73. The minimum absolute atomic E-state index is 0.0808. The predicted molar refractivity (Wildman–Crippen MR) is 68.6 cm³/mol. The van der Waals surface area contributed by atoms with E-state index in [0.29, 0.717) is 23.0 Å². The monoisotopic (exact) mass is 275 g/mol. The topological polar surface area (TPSA) is 52.5 Å². The summed E-state index contributed by atoms with van der Waals surface area (Å²) in [6, 6.07) is 3.22. The van der Waals surface area contributed by atoms with Crippen LogP contribution >= 0.6 is 23.2 Å². The Morgan fingerprint density at radius 1 is 1.29 bits per heavy atom. The number of hydrogen-bond donors (Lipinski definition) is 3. The zero-order chi connectivity index (χ0) is 12.4. The van der Waals surface area contributed by atoms with Crippen LogP contribution in [0.3, 0.4) is 0 Å². The Morgan fingerprint density at radius 3 is 2.65 bits per heavy atom. The number of aliphatic hydroxyl groups excluding tert-OH is 1. The number of hydrogen-bond acceptors (Lipinski definition) is 3. The molecule has 0 heterocycles. The largest absolute Gasteiger partial charge is 0.506 e. The molecule has 1 aliphatic rings. The number of benzene rings is 1. The fraction of sp³-hybridized carbons (Fsp3) is 0.500. The van der Waals surface area contributed by atoms with Gasteiger partial charge < -0.3 is 15.5 Å². The predicted octanol–water partition coefficient (Wildman–Crippen LogP) is 2.56. The second kappa shape index (κ2) is 5.44. The van der Waals surface area contributed by atoms with E-state index in [1.807, 2.05) is 0 Å². The van der Waals surface area contributed by atoms with Crippen molar-refractivity contribution in [2.24, 2.45) is 5.92 Å². The van der Waals surface area contributed by atoms with Gasteiger partial charge in [0.05, 0.1) is 11.1 Å². The van der Waals surface area contributed by atoms with E-state index in [9.17, 15) is 5.11 Å². The summed E-state index contributed by atoms with van der Waals surface area (Å²) in [6.45, 7) is 1.36. The van der Waals surface area contributed by atoms with E-state index in [1.165, 1.54) is 6.07 Å². The van der Waals surface area contributed by atoms with Crippen LogP contribution in [0, 0.1) is 5.92 Å². The highest BCUT2D eigenvalue weighted by Gasteiger charge is 2.26. The Hall–Kier alpha value is -0.480. The van der Waals surface area contributed by atoms with Crippen LogP contribution in [0.5, 0.6) is 5.75 Å². The van der Waals surface area contributed by atoms with E-state index < -0.39 is 0 Å². The molecule has 0 aromatic heterocycles. The molecule has 1 saturated carbocycles. The Kier molecular flexibility index (Phi) is 4.15. The molecular weight excluding hydrogens is 261 g/mol. The molecule has 1 fully saturated rings. The fourth-order valence-electron chi connectivity index (χ4n) is 2.03. The van der Waals surface area contributed by atoms with Gasteiger partial charge in [-0.15, -0.1) is 0 Å². The summed E-state index contributed by atoms with van der Waals surface area (Å²) >= 11 is 11.7. The molecule has 0 unspecified atom stereocenters. The van der Waals surface area contributed by atoms with Gasteiger partial charge in [-0.2, -0.15) is 0 Å². The molecule has 3 nitrogen and oxygen atoms in total. The molecule has 2 rings (SSSR count). The molecule has 17 heavy (non-hydrogen) atoms. The minimum Gasteiger partial charge on any atom is -0.506 e. The highest BCUT2D eigenvalue weighted by molar-refractivity contribution is 6.35. The Balaban J connectivity index is 1.86. The molecule has 0 bridgehead atoms. The summed E-state index contributed by atoms with van der Waals surface area (Å²) in [5.74, 6) is 0.610. The number of aromatic hydroxyl groups is 1. The van der Waals surface area contributed by atoms with Crippen LogP contribution < -0.4 is 5.32 Å². The van der Waals surface area contributed by atoms with Gasteiger partial charge >= 0.3 is 0 Å². The average Bonchev–Trinajstić information content (AvgIpc) is 2.22. The molecule has 0 atom stereocenters. The molecule has 0 saturated heterocycles. The van der Waals surface area contributed by atoms with Crippen molar-refractivity contribution >= 4 is 23.2 Å². The van der Waals surface area contributed by atoms with E-state index in [1.54, 1.807) is 6.07 Å². The van der Waals surface area contributed by atoms with Crippen LogP contribution in [0.15, 0.2) is 12.1 Å².